The molecule has 0 aliphatic carbocycles. The summed E-state index contributed by atoms with van der Waals surface area (Å²) in [6, 6.07) is 22.2. The van der Waals surface area contributed by atoms with E-state index in [1.54, 1.807) is 0 Å². The second-order valence-corrected chi connectivity index (χ2v) is 15.6. The Morgan fingerprint density at radius 3 is 1.91 bits per heavy atom. The molecule has 43 heavy (non-hydrogen) atoms. The van der Waals surface area contributed by atoms with Crippen molar-refractivity contribution in [3.05, 3.63) is 89.5 Å². The average molecular weight is 583 g/mol. The van der Waals surface area contributed by atoms with E-state index in [2.05, 4.69) is 147 Å². The third kappa shape index (κ3) is 10.2. The summed E-state index contributed by atoms with van der Waals surface area (Å²) < 4.78 is 0. The molecule has 2 N–H and O–H groups in total. The average Bonchev–Trinajstić information content (AvgIpc) is 2.87. The van der Waals surface area contributed by atoms with E-state index in [9.17, 15) is 5.11 Å². The van der Waals surface area contributed by atoms with Crippen molar-refractivity contribution in [2.75, 3.05) is 10.2 Å². The number of phenolic OH excluding ortho intramolecular Hbond substituents is 1. The van der Waals surface area contributed by atoms with Gasteiger partial charge in [-0.25, -0.2) is 0 Å². The standard InChI is InChI=1S/C40H58N2O/c1-27(2)21-30(6)42(26-32-23-33(40(10,11)12)24-37(28(3)4)38(32)43)36-19-17-35(18-20-36)41-34-15-13-31(14-16-34)22-29(5)25-39(7,8)9/h13-20,23-24,27,29-30,41,43H,3,21-22,25-26H2,1-2,4-12H3. The van der Waals surface area contributed by atoms with Crippen LogP contribution in [0.4, 0.5) is 17.1 Å². The van der Waals surface area contributed by atoms with Gasteiger partial charge in [-0.05, 0) is 121 Å². The Morgan fingerprint density at radius 1 is 0.860 bits per heavy atom. The van der Waals surface area contributed by atoms with Crippen molar-refractivity contribution in [3.8, 4) is 5.75 Å². The number of phenols is 1. The fourth-order valence-corrected chi connectivity index (χ4v) is 6.22. The quantitative estimate of drug-likeness (QED) is 0.223. The summed E-state index contributed by atoms with van der Waals surface area (Å²) in [5, 5.41) is 14.9. The lowest BCUT2D eigenvalue weighted by Gasteiger charge is -2.34. The van der Waals surface area contributed by atoms with Gasteiger partial charge in [-0.1, -0.05) is 81.0 Å². The van der Waals surface area contributed by atoms with Gasteiger partial charge in [0.1, 0.15) is 5.75 Å². The minimum Gasteiger partial charge on any atom is -0.507 e. The fraction of sp³-hybridized carbons (Fsp3) is 0.500. The van der Waals surface area contributed by atoms with Crippen LogP contribution in [0.3, 0.4) is 0 Å². The van der Waals surface area contributed by atoms with E-state index < -0.39 is 0 Å². The number of hydrogen-bond acceptors (Lipinski definition) is 3. The molecule has 3 nitrogen and oxygen atoms in total. The van der Waals surface area contributed by atoms with Gasteiger partial charge in [-0.3, -0.25) is 0 Å². The molecular formula is C40H58N2O. The van der Waals surface area contributed by atoms with Gasteiger partial charge in [0.2, 0.25) is 0 Å². The maximum absolute atomic E-state index is 11.3. The zero-order chi connectivity index (χ0) is 32.1. The van der Waals surface area contributed by atoms with Crippen LogP contribution in [0.15, 0.2) is 67.2 Å². The number of nitrogens with one attached hydrogen (secondary N) is 1. The van der Waals surface area contributed by atoms with E-state index in [0.29, 0.717) is 35.6 Å². The second-order valence-electron chi connectivity index (χ2n) is 15.6. The van der Waals surface area contributed by atoms with Crippen LogP contribution in [0.5, 0.6) is 5.75 Å². The number of nitrogens with zero attached hydrogens (tertiary/aromatic N) is 1. The Labute approximate surface area is 263 Å². The molecule has 0 heterocycles. The summed E-state index contributed by atoms with van der Waals surface area (Å²) in [4.78, 5) is 2.43. The molecule has 2 atom stereocenters. The van der Waals surface area contributed by atoms with Gasteiger partial charge >= 0.3 is 0 Å². The molecular weight excluding hydrogens is 524 g/mol. The molecule has 0 radical (unpaired) electrons. The molecule has 3 aromatic rings. The monoisotopic (exact) mass is 582 g/mol. The molecule has 3 rings (SSSR count). The van der Waals surface area contributed by atoms with E-state index in [1.165, 1.54) is 17.5 Å². The van der Waals surface area contributed by atoms with Crippen LogP contribution in [0.2, 0.25) is 0 Å². The highest BCUT2D eigenvalue weighted by molar-refractivity contribution is 5.70. The van der Waals surface area contributed by atoms with Crippen molar-refractivity contribution in [1.82, 2.24) is 0 Å². The van der Waals surface area contributed by atoms with Crippen LogP contribution >= 0.6 is 0 Å². The molecule has 0 saturated carbocycles. The van der Waals surface area contributed by atoms with Crippen molar-refractivity contribution in [2.45, 2.75) is 113 Å². The van der Waals surface area contributed by atoms with E-state index in [4.69, 9.17) is 0 Å². The first-order valence-corrected chi connectivity index (χ1v) is 16.2. The lowest BCUT2D eigenvalue weighted by Crippen LogP contribution is -2.33. The molecule has 0 fully saturated rings. The van der Waals surface area contributed by atoms with Gasteiger partial charge in [-0.15, -0.1) is 0 Å². The van der Waals surface area contributed by atoms with Gasteiger partial charge in [0.05, 0.1) is 0 Å². The van der Waals surface area contributed by atoms with Crippen LogP contribution in [0.25, 0.3) is 5.57 Å². The van der Waals surface area contributed by atoms with Crippen molar-refractivity contribution < 1.29 is 5.11 Å². The van der Waals surface area contributed by atoms with Crippen LogP contribution in [-0.4, -0.2) is 11.1 Å². The molecule has 0 aliphatic rings. The Bertz CT molecular complexity index is 1340. The molecule has 0 saturated heterocycles. The second kappa shape index (κ2) is 14.1. The Kier molecular flexibility index (Phi) is 11.2. The fourth-order valence-electron chi connectivity index (χ4n) is 6.22. The number of anilines is 3. The van der Waals surface area contributed by atoms with Crippen LogP contribution in [-0.2, 0) is 18.4 Å². The minimum absolute atomic E-state index is 0.0305. The van der Waals surface area contributed by atoms with Crippen LogP contribution in [0.1, 0.15) is 111 Å². The van der Waals surface area contributed by atoms with Crippen molar-refractivity contribution in [1.29, 1.82) is 0 Å². The lowest BCUT2D eigenvalue weighted by atomic mass is 9.83. The minimum atomic E-state index is -0.0305. The van der Waals surface area contributed by atoms with E-state index >= 15 is 0 Å². The molecule has 2 unspecified atom stereocenters. The smallest absolute Gasteiger partial charge is 0.128 e. The Hall–Kier alpha value is -3.20. The number of hydrogen-bond donors (Lipinski definition) is 2. The highest BCUT2D eigenvalue weighted by atomic mass is 16.3. The largest absolute Gasteiger partial charge is 0.507 e. The molecule has 0 spiro atoms. The van der Waals surface area contributed by atoms with Crippen molar-refractivity contribution >= 4 is 22.6 Å². The summed E-state index contributed by atoms with van der Waals surface area (Å²) in [5.74, 6) is 1.58. The van der Waals surface area contributed by atoms with E-state index in [0.717, 1.165) is 46.6 Å². The summed E-state index contributed by atoms with van der Waals surface area (Å²) in [7, 11) is 0. The van der Waals surface area contributed by atoms with E-state index in [1.807, 2.05) is 6.92 Å². The highest BCUT2D eigenvalue weighted by Gasteiger charge is 2.23. The summed E-state index contributed by atoms with van der Waals surface area (Å²) in [6.45, 7) is 29.6. The van der Waals surface area contributed by atoms with Gasteiger partial charge in [-0.2, -0.15) is 0 Å². The molecule has 3 aromatic carbocycles. The summed E-state index contributed by atoms with van der Waals surface area (Å²) in [6.07, 6.45) is 3.40. The molecule has 234 valence electrons. The maximum Gasteiger partial charge on any atom is 0.128 e. The molecule has 0 bridgehead atoms. The number of allylic oxidation sites excluding steroid dienone is 1. The zero-order valence-electron chi connectivity index (χ0n) is 28.9. The molecule has 3 heteroatoms. The SMILES string of the molecule is C=C(C)c1cc(C(C)(C)C)cc(CN(c2ccc(Nc3ccc(CC(C)CC(C)(C)C)cc3)cc2)C(C)CC(C)C)c1O. The van der Waals surface area contributed by atoms with Gasteiger partial charge < -0.3 is 15.3 Å². The normalized spacial score (nSPS) is 13.6. The van der Waals surface area contributed by atoms with Crippen LogP contribution < -0.4 is 10.2 Å². The highest BCUT2D eigenvalue weighted by Crippen LogP contribution is 2.37. The first-order chi connectivity index (χ1) is 19.9. The van der Waals surface area contributed by atoms with Crippen LogP contribution in [0, 0.1) is 17.3 Å². The first kappa shape index (κ1) is 34.3. The van der Waals surface area contributed by atoms with Gasteiger partial charge in [0, 0.05) is 40.8 Å². The number of aromatic hydroxyl groups is 1. The van der Waals surface area contributed by atoms with Crippen molar-refractivity contribution in [3.63, 3.8) is 0 Å². The summed E-state index contributed by atoms with van der Waals surface area (Å²) in [5.41, 5.74) is 8.92. The predicted molar refractivity (Wildman–Crippen MR) is 190 cm³/mol. The predicted octanol–water partition coefficient (Wildman–Crippen LogP) is 11.5. The molecule has 0 amide bonds. The van der Waals surface area contributed by atoms with Crippen molar-refractivity contribution in [2.24, 2.45) is 17.3 Å². The lowest BCUT2D eigenvalue weighted by molar-refractivity contribution is 0.306. The third-order valence-electron chi connectivity index (χ3n) is 8.19. The Balaban J connectivity index is 1.83. The number of rotatable bonds is 12. The molecule has 0 aromatic heterocycles. The Morgan fingerprint density at radius 2 is 1.42 bits per heavy atom. The zero-order valence-corrected chi connectivity index (χ0v) is 28.9. The third-order valence-corrected chi connectivity index (χ3v) is 8.19. The topological polar surface area (TPSA) is 35.5 Å². The van der Waals surface area contributed by atoms with E-state index in [-0.39, 0.29) is 5.41 Å². The maximum atomic E-state index is 11.3. The van der Waals surface area contributed by atoms with Gasteiger partial charge in [0.25, 0.3) is 0 Å². The number of benzene rings is 3. The first-order valence-electron chi connectivity index (χ1n) is 16.2. The molecule has 0 aliphatic heterocycles. The summed E-state index contributed by atoms with van der Waals surface area (Å²) >= 11 is 0. The van der Waals surface area contributed by atoms with Gasteiger partial charge in [0.15, 0.2) is 0 Å².